The zero-order chi connectivity index (χ0) is 18.1. The number of aromatic nitrogens is 1. The molecule has 0 aliphatic rings. The molecule has 3 aromatic rings. The Balaban J connectivity index is 0.000000366. The van der Waals surface area contributed by atoms with Crippen LogP contribution in [0.5, 0.6) is 0 Å². The molecular weight excluding hydrogens is 502 g/mol. The second kappa shape index (κ2) is 11.7. The molecule has 0 bridgehead atoms. The predicted molar refractivity (Wildman–Crippen MR) is 103 cm³/mol. The van der Waals surface area contributed by atoms with Crippen LogP contribution in [0.2, 0.25) is 0 Å². The molecule has 1 radical (unpaired) electrons. The summed E-state index contributed by atoms with van der Waals surface area (Å²) in [5, 5.41) is 19.5. The van der Waals surface area contributed by atoms with Gasteiger partial charge in [0.25, 0.3) is 0 Å². The normalized spacial score (nSPS) is 12.8. The summed E-state index contributed by atoms with van der Waals surface area (Å²) in [7, 11) is 0. The first-order valence-electron chi connectivity index (χ1n) is 8.41. The molecule has 2 aromatic carbocycles. The molecule has 4 heteroatoms. The topological polar surface area (TPSA) is 53.4 Å². The maximum Gasteiger partial charge on any atom is 0.0536 e. The van der Waals surface area contributed by atoms with Gasteiger partial charge < -0.3 is 15.2 Å². The van der Waals surface area contributed by atoms with Crippen LogP contribution in [-0.4, -0.2) is 27.4 Å². The monoisotopic (exact) mass is 527 g/mol. The third-order valence-corrected chi connectivity index (χ3v) is 3.54. The molecule has 3 nitrogen and oxygen atoms in total. The van der Waals surface area contributed by atoms with Crippen LogP contribution in [0.4, 0.5) is 0 Å². The second-order valence-electron chi connectivity index (χ2n) is 6.01. The SMILES string of the molecule is CC(O)CC(C)O.[C-](=Cc1nccc2ccccc12)c1ccccc1.[Ir]. The van der Waals surface area contributed by atoms with E-state index < -0.39 is 0 Å². The summed E-state index contributed by atoms with van der Waals surface area (Å²) in [6.07, 6.45) is 6.76. The Morgan fingerprint density at radius 3 is 2.15 bits per heavy atom. The summed E-state index contributed by atoms with van der Waals surface area (Å²) in [4.78, 5) is 4.40. The number of rotatable bonds is 4. The molecule has 139 valence electrons. The number of hydrogen-bond acceptors (Lipinski definition) is 3. The van der Waals surface area contributed by atoms with Gasteiger partial charge in [-0.2, -0.15) is 0 Å². The van der Waals surface area contributed by atoms with Crippen LogP contribution in [0.15, 0.2) is 66.9 Å². The molecule has 3 rings (SSSR count). The summed E-state index contributed by atoms with van der Waals surface area (Å²) in [5.41, 5.74) is 2.02. The van der Waals surface area contributed by atoms with Gasteiger partial charge in [0.1, 0.15) is 0 Å². The Kier molecular flexibility index (Phi) is 10.0. The van der Waals surface area contributed by atoms with Crippen molar-refractivity contribution in [1.29, 1.82) is 0 Å². The first kappa shape index (κ1) is 22.2. The Labute approximate surface area is 168 Å². The number of benzene rings is 2. The van der Waals surface area contributed by atoms with E-state index in [1.165, 1.54) is 5.39 Å². The number of pyridine rings is 1. The van der Waals surface area contributed by atoms with Crippen molar-refractivity contribution < 1.29 is 30.3 Å². The Morgan fingerprint density at radius 1 is 0.923 bits per heavy atom. The fourth-order valence-corrected chi connectivity index (χ4v) is 2.44. The number of aliphatic hydroxyl groups is 2. The van der Waals surface area contributed by atoms with E-state index in [9.17, 15) is 0 Å². The van der Waals surface area contributed by atoms with E-state index in [-0.39, 0.29) is 32.3 Å². The summed E-state index contributed by atoms with van der Waals surface area (Å²) in [6, 6.07) is 20.3. The first-order chi connectivity index (χ1) is 12.1. The van der Waals surface area contributed by atoms with Crippen molar-refractivity contribution in [3.05, 3.63) is 84.2 Å². The smallest absolute Gasteiger partial charge is 0.0536 e. The maximum atomic E-state index is 8.56. The number of aliphatic hydroxyl groups excluding tert-OH is 2. The minimum atomic E-state index is -0.375. The molecule has 0 spiro atoms. The van der Waals surface area contributed by atoms with E-state index >= 15 is 0 Å². The Hall–Kier alpha value is -1.84. The summed E-state index contributed by atoms with van der Waals surface area (Å²) < 4.78 is 0. The average Bonchev–Trinajstić information content (AvgIpc) is 2.60. The van der Waals surface area contributed by atoms with Gasteiger partial charge in [-0.1, -0.05) is 30.3 Å². The predicted octanol–water partition coefficient (Wildman–Crippen LogP) is 4.24. The molecule has 0 amide bonds. The van der Waals surface area contributed by atoms with Gasteiger partial charge in [-0.05, 0) is 42.8 Å². The van der Waals surface area contributed by atoms with Crippen LogP contribution in [-0.2, 0) is 20.1 Å². The molecule has 2 N–H and O–H groups in total. The van der Waals surface area contributed by atoms with E-state index in [0.717, 1.165) is 16.6 Å². The van der Waals surface area contributed by atoms with Crippen molar-refractivity contribution in [3.63, 3.8) is 0 Å². The summed E-state index contributed by atoms with van der Waals surface area (Å²) in [6.45, 7) is 3.32. The third-order valence-electron chi connectivity index (χ3n) is 3.54. The van der Waals surface area contributed by atoms with Crippen LogP contribution >= 0.6 is 0 Å². The van der Waals surface area contributed by atoms with Gasteiger partial charge in [0.2, 0.25) is 0 Å². The summed E-state index contributed by atoms with van der Waals surface area (Å²) >= 11 is 0. The minimum Gasteiger partial charge on any atom is -0.393 e. The molecule has 0 saturated heterocycles. The van der Waals surface area contributed by atoms with E-state index in [1.807, 2.05) is 60.8 Å². The van der Waals surface area contributed by atoms with Gasteiger partial charge in [-0.15, -0.1) is 42.0 Å². The fourth-order valence-electron chi connectivity index (χ4n) is 2.44. The van der Waals surface area contributed by atoms with E-state index in [1.54, 1.807) is 13.8 Å². The van der Waals surface area contributed by atoms with Crippen LogP contribution in [0.25, 0.3) is 16.8 Å². The zero-order valence-electron chi connectivity index (χ0n) is 15.0. The van der Waals surface area contributed by atoms with Crippen molar-refractivity contribution in [2.45, 2.75) is 32.5 Å². The van der Waals surface area contributed by atoms with Gasteiger partial charge >= 0.3 is 0 Å². The molecule has 0 aliphatic carbocycles. The van der Waals surface area contributed by atoms with Crippen LogP contribution in [0, 0.1) is 6.08 Å². The van der Waals surface area contributed by atoms with Crippen molar-refractivity contribution in [2.24, 2.45) is 0 Å². The summed E-state index contributed by atoms with van der Waals surface area (Å²) in [5.74, 6) is 0. The number of nitrogens with zero attached hydrogens (tertiary/aromatic N) is 1. The van der Waals surface area contributed by atoms with Crippen molar-refractivity contribution in [3.8, 4) is 0 Å². The van der Waals surface area contributed by atoms with Crippen molar-refractivity contribution >= 4 is 16.8 Å². The Bertz CT molecular complexity index is 790. The first-order valence-corrected chi connectivity index (χ1v) is 8.41. The zero-order valence-corrected chi connectivity index (χ0v) is 17.4. The maximum absolute atomic E-state index is 8.56. The van der Waals surface area contributed by atoms with Crippen molar-refractivity contribution in [2.75, 3.05) is 0 Å². The molecule has 2 atom stereocenters. The van der Waals surface area contributed by atoms with Gasteiger partial charge in [-0.25, -0.2) is 0 Å². The fraction of sp³-hybridized carbons (Fsp3) is 0.227. The molecule has 1 aromatic heterocycles. The van der Waals surface area contributed by atoms with Crippen molar-refractivity contribution in [1.82, 2.24) is 4.98 Å². The second-order valence-corrected chi connectivity index (χ2v) is 6.01. The Morgan fingerprint density at radius 2 is 1.54 bits per heavy atom. The quantitative estimate of drug-likeness (QED) is 0.501. The van der Waals surface area contributed by atoms with Crippen LogP contribution in [0.3, 0.4) is 0 Å². The van der Waals surface area contributed by atoms with E-state index in [0.29, 0.717) is 6.42 Å². The van der Waals surface area contributed by atoms with Crippen LogP contribution in [0.1, 0.15) is 31.5 Å². The molecule has 0 fully saturated rings. The largest absolute Gasteiger partial charge is 0.393 e. The molecule has 2 unspecified atom stereocenters. The molecule has 1 heterocycles. The number of fused-ring (bicyclic) bond motifs is 1. The van der Waals surface area contributed by atoms with Crippen LogP contribution < -0.4 is 0 Å². The van der Waals surface area contributed by atoms with Gasteiger partial charge in [-0.3, -0.25) is 0 Å². The molecular formula is C22H24IrNO2-. The average molecular weight is 527 g/mol. The van der Waals surface area contributed by atoms with Gasteiger partial charge in [0.15, 0.2) is 0 Å². The standard InChI is InChI=1S/C17H12N.C5H12O2.Ir/c1-2-6-14(7-3-1)10-11-17-16-9-5-4-8-15(16)12-13-18-17;1-4(6)3-5(2)7;/h1-9,11-13H;4-7H,3H2,1-2H3;/q-1;;. The van der Waals surface area contributed by atoms with Gasteiger partial charge in [0, 0.05) is 26.3 Å². The third kappa shape index (κ3) is 7.59. The molecule has 0 aliphatic heterocycles. The number of hydrogen-bond donors (Lipinski definition) is 2. The van der Waals surface area contributed by atoms with E-state index in [4.69, 9.17) is 10.2 Å². The van der Waals surface area contributed by atoms with Gasteiger partial charge in [0.05, 0.1) is 12.2 Å². The minimum absolute atomic E-state index is 0. The molecule has 26 heavy (non-hydrogen) atoms. The van der Waals surface area contributed by atoms with E-state index in [2.05, 4.69) is 23.2 Å². The molecule has 0 saturated carbocycles.